The van der Waals surface area contributed by atoms with E-state index in [0.717, 1.165) is 0 Å². The number of rotatable bonds is 7. The number of unbranched alkanes of at least 4 members (excludes halogenated alkanes) is 6. The van der Waals surface area contributed by atoms with Gasteiger partial charge in [-0.2, -0.15) is 0 Å². The van der Waals surface area contributed by atoms with Crippen molar-refractivity contribution in [2.24, 2.45) is 0 Å². The highest BCUT2D eigenvalue weighted by Gasteiger charge is 1.95. The van der Waals surface area contributed by atoms with Crippen LogP contribution in [0.25, 0.3) is 11.1 Å². The highest BCUT2D eigenvalue weighted by molar-refractivity contribution is 5.63. The fourth-order valence-corrected chi connectivity index (χ4v) is 2.35. The molecule has 2 aromatic carbocycles. The summed E-state index contributed by atoms with van der Waals surface area (Å²) in [4.78, 5) is 0. The molecule has 0 heteroatoms. The van der Waals surface area contributed by atoms with Crippen LogP contribution in [0.15, 0.2) is 48.5 Å². The van der Waals surface area contributed by atoms with Crippen LogP contribution in [0.4, 0.5) is 0 Å². The number of benzene rings is 2. The Hall–Kier alpha value is -1.56. The van der Waals surface area contributed by atoms with E-state index in [9.17, 15) is 0 Å². The SMILES string of the molecule is CCCC.CCCCC.CCCCCC.Cc1ccc(-c2ccc(C)cc2)cc1. The Kier molecular flexibility index (Phi) is 23.2. The molecule has 0 N–H and O–H groups in total. The van der Waals surface area contributed by atoms with E-state index in [1.54, 1.807) is 0 Å². The van der Waals surface area contributed by atoms with Crippen LogP contribution in [-0.2, 0) is 0 Å². The molecule has 0 fully saturated rings. The molecule has 29 heavy (non-hydrogen) atoms. The molecule has 0 radical (unpaired) electrons. The number of hydrogen-bond donors (Lipinski definition) is 0. The Morgan fingerprint density at radius 2 is 0.655 bits per heavy atom. The first-order valence-electron chi connectivity index (χ1n) is 12.1. The van der Waals surface area contributed by atoms with E-state index < -0.39 is 0 Å². The average molecular weight is 399 g/mol. The summed E-state index contributed by atoms with van der Waals surface area (Å²) in [6, 6.07) is 17.3. The Bertz CT molecular complexity index is 482. The lowest BCUT2D eigenvalue weighted by molar-refractivity contribution is 0.702. The van der Waals surface area contributed by atoms with Crippen molar-refractivity contribution in [3.63, 3.8) is 0 Å². The third kappa shape index (κ3) is 19.5. The Morgan fingerprint density at radius 1 is 0.379 bits per heavy atom. The topological polar surface area (TPSA) is 0 Å². The van der Waals surface area contributed by atoms with E-state index in [2.05, 4.69) is 104 Å². The highest BCUT2D eigenvalue weighted by Crippen LogP contribution is 2.19. The van der Waals surface area contributed by atoms with Gasteiger partial charge in [-0.1, -0.05) is 159 Å². The standard InChI is InChI=1S/C14H14.C6H14.C5H12.C4H10/c1-11-3-7-13(8-4-11)14-9-5-12(2)6-10-14;1-3-5-6-4-2;1-3-5-4-2;1-3-4-2/h3-10H,1-2H3;3-6H2,1-2H3;3-5H2,1-2H3;3-4H2,1-2H3. The molecule has 0 aliphatic rings. The smallest absolute Gasteiger partial charge is 0.0184 e. The Labute approximate surface area is 184 Å². The van der Waals surface area contributed by atoms with Crippen molar-refractivity contribution in [2.45, 2.75) is 113 Å². The zero-order chi connectivity index (χ0) is 22.3. The van der Waals surface area contributed by atoms with Crippen molar-refractivity contribution in [3.8, 4) is 11.1 Å². The summed E-state index contributed by atoms with van der Waals surface area (Å²) in [5, 5.41) is 0. The van der Waals surface area contributed by atoms with Crippen molar-refractivity contribution in [2.75, 3.05) is 0 Å². The molecule has 0 atom stereocenters. The maximum absolute atomic E-state index is 2.23. The number of aryl methyl sites for hydroxylation is 2. The maximum Gasteiger partial charge on any atom is -0.0184 e. The van der Waals surface area contributed by atoms with Gasteiger partial charge in [-0.3, -0.25) is 0 Å². The van der Waals surface area contributed by atoms with E-state index in [1.165, 1.54) is 80.0 Å². The monoisotopic (exact) mass is 398 g/mol. The molecule has 166 valence electrons. The molecule has 2 aromatic rings. The minimum atomic E-state index is 1.29. The van der Waals surface area contributed by atoms with E-state index in [4.69, 9.17) is 0 Å². The van der Waals surface area contributed by atoms with Gasteiger partial charge < -0.3 is 0 Å². The van der Waals surface area contributed by atoms with Gasteiger partial charge >= 0.3 is 0 Å². The molecule has 0 aliphatic heterocycles. The number of hydrogen-bond acceptors (Lipinski definition) is 0. The molecule has 0 aliphatic carbocycles. The van der Waals surface area contributed by atoms with Crippen LogP contribution in [-0.4, -0.2) is 0 Å². The molecule has 0 amide bonds. The molecule has 2 rings (SSSR count). The molecule has 0 saturated carbocycles. The maximum atomic E-state index is 2.23. The predicted octanol–water partition coefficient (Wildman–Crippen LogP) is 10.6. The van der Waals surface area contributed by atoms with Gasteiger partial charge in [-0.15, -0.1) is 0 Å². The third-order valence-electron chi connectivity index (χ3n) is 4.60. The van der Waals surface area contributed by atoms with Gasteiger partial charge in [0.25, 0.3) is 0 Å². The van der Waals surface area contributed by atoms with Crippen LogP contribution in [0.2, 0.25) is 0 Å². The van der Waals surface area contributed by atoms with Gasteiger partial charge in [0.15, 0.2) is 0 Å². The van der Waals surface area contributed by atoms with Crippen molar-refractivity contribution in [1.29, 1.82) is 0 Å². The van der Waals surface area contributed by atoms with Crippen LogP contribution in [0.1, 0.15) is 110 Å². The average Bonchev–Trinajstić information content (AvgIpc) is 2.75. The van der Waals surface area contributed by atoms with Crippen molar-refractivity contribution < 1.29 is 0 Å². The second kappa shape index (κ2) is 22.7. The van der Waals surface area contributed by atoms with Gasteiger partial charge in [-0.25, -0.2) is 0 Å². The first-order valence-corrected chi connectivity index (χ1v) is 12.1. The summed E-state index contributed by atoms with van der Waals surface area (Å²) in [6.45, 7) is 17.5. The lowest BCUT2D eigenvalue weighted by Crippen LogP contribution is -1.78. The van der Waals surface area contributed by atoms with Crippen LogP contribution in [0.3, 0.4) is 0 Å². The van der Waals surface area contributed by atoms with Gasteiger partial charge in [0.05, 0.1) is 0 Å². The van der Waals surface area contributed by atoms with Crippen molar-refractivity contribution >= 4 is 0 Å². The predicted molar refractivity (Wildman–Crippen MR) is 137 cm³/mol. The fraction of sp³-hybridized carbons (Fsp3) is 0.586. The summed E-state index contributed by atoms with van der Waals surface area (Å²) >= 11 is 0. The fourth-order valence-electron chi connectivity index (χ4n) is 2.35. The molecule has 0 nitrogen and oxygen atoms in total. The van der Waals surface area contributed by atoms with Crippen LogP contribution >= 0.6 is 0 Å². The first-order chi connectivity index (χ1) is 14.0. The van der Waals surface area contributed by atoms with E-state index >= 15 is 0 Å². The molecule has 0 heterocycles. The second-order valence-electron chi connectivity index (χ2n) is 7.79. The van der Waals surface area contributed by atoms with E-state index in [1.807, 2.05) is 0 Å². The van der Waals surface area contributed by atoms with E-state index in [-0.39, 0.29) is 0 Å². The normalized spacial score (nSPS) is 9.24. The Balaban J connectivity index is 0. The quantitative estimate of drug-likeness (QED) is 0.407. The summed E-state index contributed by atoms with van der Waals surface area (Å²) < 4.78 is 0. The van der Waals surface area contributed by atoms with Crippen LogP contribution in [0.5, 0.6) is 0 Å². The molecule has 0 bridgehead atoms. The van der Waals surface area contributed by atoms with Crippen molar-refractivity contribution in [1.82, 2.24) is 0 Å². The minimum Gasteiger partial charge on any atom is -0.0654 e. The minimum absolute atomic E-state index is 1.29. The third-order valence-corrected chi connectivity index (χ3v) is 4.60. The van der Waals surface area contributed by atoms with Gasteiger partial charge in [0.1, 0.15) is 0 Å². The molecule has 0 saturated heterocycles. The van der Waals surface area contributed by atoms with Gasteiger partial charge in [0.2, 0.25) is 0 Å². The van der Waals surface area contributed by atoms with Crippen LogP contribution < -0.4 is 0 Å². The molecular weight excluding hydrogens is 348 g/mol. The van der Waals surface area contributed by atoms with E-state index in [0.29, 0.717) is 0 Å². The highest BCUT2D eigenvalue weighted by atomic mass is 14.0. The van der Waals surface area contributed by atoms with Gasteiger partial charge in [0, 0.05) is 0 Å². The zero-order valence-corrected chi connectivity index (χ0v) is 21.0. The molecule has 0 spiro atoms. The molecular formula is C29H50. The summed E-state index contributed by atoms with van der Waals surface area (Å²) in [5.41, 5.74) is 5.19. The van der Waals surface area contributed by atoms with Crippen LogP contribution in [0, 0.1) is 13.8 Å². The first kappa shape index (κ1) is 29.6. The second-order valence-corrected chi connectivity index (χ2v) is 7.79. The van der Waals surface area contributed by atoms with Gasteiger partial charge in [-0.05, 0) is 25.0 Å². The largest absolute Gasteiger partial charge is 0.0654 e. The lowest BCUT2D eigenvalue weighted by Gasteiger charge is -2.02. The summed E-state index contributed by atoms with van der Waals surface area (Å²) in [5.74, 6) is 0. The van der Waals surface area contributed by atoms with Crippen molar-refractivity contribution in [3.05, 3.63) is 59.7 Å². The summed E-state index contributed by atoms with van der Waals surface area (Å²) in [7, 11) is 0. The Morgan fingerprint density at radius 3 is 0.828 bits per heavy atom. The molecule has 0 aromatic heterocycles. The lowest BCUT2D eigenvalue weighted by atomic mass is 10.0. The zero-order valence-electron chi connectivity index (χ0n) is 21.0. The summed E-state index contributed by atoms with van der Waals surface area (Å²) in [6.07, 6.45) is 12.3. The molecule has 0 unspecified atom stereocenters.